The molecule has 0 fully saturated rings. The summed E-state index contributed by atoms with van der Waals surface area (Å²) in [6.07, 6.45) is -5.74. The van der Waals surface area contributed by atoms with Crippen LogP contribution in [0.1, 0.15) is 35.1 Å². The number of aromatic nitrogens is 2. The Morgan fingerprint density at radius 2 is 1.23 bits per heavy atom. The van der Waals surface area contributed by atoms with Crippen LogP contribution in [0, 0.1) is 40.1 Å². The molecule has 0 atom stereocenters. The molecule has 44 heavy (non-hydrogen) atoms. The number of nitrogen functional groups attached to an aromatic ring is 1. The van der Waals surface area contributed by atoms with Gasteiger partial charge >= 0.3 is 0 Å². The first kappa shape index (κ1) is 36.5. The number of anilines is 3. The molecule has 0 aliphatic heterocycles. The Kier molecular flexibility index (Phi) is 13.6. The summed E-state index contributed by atoms with van der Waals surface area (Å²) in [7, 11) is 0. The third kappa shape index (κ3) is 9.91. The first-order valence-corrected chi connectivity index (χ1v) is 13.0. The second-order valence-corrected chi connectivity index (χ2v) is 9.73. The van der Waals surface area contributed by atoms with Crippen molar-refractivity contribution in [3.63, 3.8) is 0 Å². The minimum atomic E-state index is -2.98. The first-order chi connectivity index (χ1) is 20.6. The number of halogens is 12. The normalized spacial score (nSPS) is 10.3. The van der Waals surface area contributed by atoms with Gasteiger partial charge in [0.05, 0.1) is 27.4 Å². The molecule has 6 nitrogen and oxygen atoms in total. The van der Waals surface area contributed by atoms with Crippen molar-refractivity contribution in [1.29, 1.82) is 10.5 Å². The Bertz CT molecular complexity index is 1750. The van der Waals surface area contributed by atoms with Gasteiger partial charge in [0.1, 0.15) is 39.2 Å². The Labute approximate surface area is 269 Å². The molecule has 0 saturated carbocycles. The number of pyridine rings is 2. The molecule has 0 amide bonds. The zero-order chi connectivity index (χ0) is 33.3. The van der Waals surface area contributed by atoms with Crippen molar-refractivity contribution in [2.45, 2.75) is 12.9 Å². The van der Waals surface area contributed by atoms with E-state index >= 15 is 0 Å². The molecular weight excluding hydrogens is 707 g/mol. The fourth-order valence-corrected chi connectivity index (χ4v) is 3.73. The molecule has 18 heteroatoms. The highest BCUT2D eigenvalue weighted by molar-refractivity contribution is 6.42. The van der Waals surface area contributed by atoms with Crippen molar-refractivity contribution in [2.75, 3.05) is 11.1 Å². The molecule has 4 aromatic rings. The number of nitrogens with one attached hydrogen (secondary N) is 1. The van der Waals surface area contributed by atoms with Crippen LogP contribution in [-0.4, -0.2) is 9.97 Å². The summed E-state index contributed by atoms with van der Waals surface area (Å²) in [6.45, 7) is 0. The summed E-state index contributed by atoms with van der Waals surface area (Å²) in [4.78, 5) is 7.29. The summed E-state index contributed by atoms with van der Waals surface area (Å²) in [5, 5.41) is 19.8. The maximum atomic E-state index is 13.7. The average Bonchev–Trinajstić information content (AvgIpc) is 2.95. The number of hydrogen-bond donors (Lipinski definition) is 2. The summed E-state index contributed by atoms with van der Waals surface area (Å²) in [5.41, 5.74) is 3.47. The Hall–Kier alpha value is -3.72. The maximum Gasteiger partial charge on any atom is 0.266 e. The van der Waals surface area contributed by atoms with Crippen LogP contribution in [0.3, 0.4) is 0 Å². The molecule has 2 aromatic heterocycles. The molecule has 0 bridgehead atoms. The van der Waals surface area contributed by atoms with E-state index in [1.807, 2.05) is 6.07 Å². The van der Waals surface area contributed by atoms with Crippen molar-refractivity contribution < 1.29 is 30.7 Å². The fraction of sp³-hybridized carbons (Fsp3) is 0.0769. The van der Waals surface area contributed by atoms with E-state index in [1.54, 1.807) is 6.07 Å². The van der Waals surface area contributed by atoms with Gasteiger partial charge in [-0.25, -0.2) is 40.7 Å². The first-order valence-electron chi connectivity index (χ1n) is 11.1. The lowest BCUT2D eigenvalue weighted by Gasteiger charge is -2.10. The van der Waals surface area contributed by atoms with Crippen LogP contribution >= 0.6 is 58.0 Å². The van der Waals surface area contributed by atoms with Crippen molar-refractivity contribution >= 4 is 75.2 Å². The monoisotopic (exact) mass is 716 g/mol. The number of hydrogen-bond acceptors (Lipinski definition) is 6. The largest absolute Gasteiger partial charge is 0.396 e. The third-order valence-electron chi connectivity index (χ3n) is 4.90. The van der Waals surface area contributed by atoms with Gasteiger partial charge in [-0.3, -0.25) is 0 Å². The van der Waals surface area contributed by atoms with Gasteiger partial charge in [-0.1, -0.05) is 58.0 Å². The van der Waals surface area contributed by atoms with Gasteiger partial charge in [0.25, 0.3) is 12.9 Å². The number of nitrogens with zero attached hydrogens (tertiary/aromatic N) is 4. The van der Waals surface area contributed by atoms with Gasteiger partial charge in [0.15, 0.2) is 11.6 Å². The van der Waals surface area contributed by atoms with Crippen LogP contribution in [0.5, 0.6) is 0 Å². The fourth-order valence-electron chi connectivity index (χ4n) is 2.83. The average molecular weight is 719 g/mol. The van der Waals surface area contributed by atoms with Crippen molar-refractivity contribution in [3.8, 4) is 12.1 Å². The maximum absolute atomic E-state index is 13.7. The van der Waals surface area contributed by atoms with E-state index in [2.05, 4.69) is 15.3 Å². The summed E-state index contributed by atoms with van der Waals surface area (Å²) < 4.78 is 88.0. The van der Waals surface area contributed by atoms with Gasteiger partial charge in [-0.05, 0) is 36.4 Å². The van der Waals surface area contributed by atoms with Gasteiger partial charge in [-0.2, -0.15) is 10.5 Å². The van der Waals surface area contributed by atoms with Crippen molar-refractivity contribution in [1.82, 2.24) is 9.97 Å². The minimum Gasteiger partial charge on any atom is -0.396 e. The highest BCUT2D eigenvalue weighted by Crippen LogP contribution is 2.31. The molecule has 2 heterocycles. The van der Waals surface area contributed by atoms with Crippen LogP contribution in [0.4, 0.5) is 47.9 Å². The van der Waals surface area contributed by atoms with E-state index in [1.165, 1.54) is 18.2 Å². The highest BCUT2D eigenvalue weighted by atomic mass is 35.5. The number of rotatable bonds is 4. The van der Waals surface area contributed by atoms with Crippen LogP contribution in [-0.2, 0) is 0 Å². The predicted octanol–water partition coefficient (Wildman–Crippen LogP) is 10.5. The van der Waals surface area contributed by atoms with Crippen LogP contribution < -0.4 is 11.1 Å². The lowest BCUT2D eigenvalue weighted by Crippen LogP contribution is -2.00. The van der Waals surface area contributed by atoms with E-state index in [-0.39, 0.29) is 53.7 Å². The van der Waals surface area contributed by atoms with Gasteiger partial charge in [0.2, 0.25) is 0 Å². The summed E-state index contributed by atoms with van der Waals surface area (Å²) >= 11 is 27.9. The smallest absolute Gasteiger partial charge is 0.266 e. The highest BCUT2D eigenvalue weighted by Gasteiger charge is 2.16. The second kappa shape index (κ2) is 16.4. The zero-order valence-corrected chi connectivity index (χ0v) is 24.9. The van der Waals surface area contributed by atoms with Gasteiger partial charge < -0.3 is 11.1 Å². The second-order valence-electron chi connectivity index (χ2n) is 7.84. The molecular formula is C26H12Cl5F7N6. The van der Waals surface area contributed by atoms with E-state index in [4.69, 9.17) is 74.3 Å². The molecule has 3 N–H and O–H groups in total. The van der Waals surface area contributed by atoms with Crippen LogP contribution in [0.25, 0.3) is 0 Å². The molecule has 0 radical (unpaired) electrons. The van der Waals surface area contributed by atoms with Crippen molar-refractivity contribution in [3.05, 3.63) is 108 Å². The van der Waals surface area contributed by atoms with E-state index in [0.717, 1.165) is 12.1 Å². The van der Waals surface area contributed by atoms with Crippen LogP contribution in [0.2, 0.25) is 25.5 Å². The minimum absolute atomic E-state index is 0.0712. The molecule has 230 valence electrons. The number of nitrogens with two attached hydrogens (primary N) is 1. The number of nitriles is 2. The Balaban J connectivity index is 0.000000250. The lowest BCUT2D eigenvalue weighted by molar-refractivity contribution is 0.146. The molecule has 2 aromatic carbocycles. The number of benzene rings is 2. The Morgan fingerprint density at radius 1 is 0.659 bits per heavy atom. The standard InChI is InChI=1S/C13H6Cl2F3N3.C7H5F4N.C6HCl3N2/c14-9-2-1-7(4-8(9)12(17)18)20-13-10(16)3-6(5-19)11(15)21-13;8-4-2-5(9)6(12)1-3(4)7(10)11;7-4-1-3(2-10)5(8)11-6(4)9/h1-4,12H,(H,20,21);1-2,7H,12H2;1H. The predicted molar refractivity (Wildman–Crippen MR) is 153 cm³/mol. The topological polar surface area (TPSA) is 111 Å². The van der Waals surface area contributed by atoms with E-state index < -0.39 is 41.6 Å². The Morgan fingerprint density at radius 3 is 1.80 bits per heavy atom. The SMILES string of the molecule is N#Cc1cc(Cl)c(Cl)nc1Cl.N#Cc1cc(F)c(Nc2ccc(Cl)c(C(F)F)c2)nc1Cl.Nc1cc(C(F)F)c(F)cc1F. The zero-order valence-electron chi connectivity index (χ0n) is 21.1. The lowest BCUT2D eigenvalue weighted by atomic mass is 10.2. The molecule has 0 spiro atoms. The summed E-state index contributed by atoms with van der Waals surface area (Å²) in [6, 6.07) is 10.5. The van der Waals surface area contributed by atoms with Crippen molar-refractivity contribution in [2.24, 2.45) is 0 Å². The summed E-state index contributed by atoms with van der Waals surface area (Å²) in [5.74, 6) is -3.42. The van der Waals surface area contributed by atoms with Gasteiger partial charge in [-0.15, -0.1) is 0 Å². The molecule has 4 rings (SSSR count). The third-order valence-corrected chi connectivity index (χ3v) is 6.50. The molecule has 0 aliphatic carbocycles. The molecule has 0 unspecified atom stereocenters. The van der Waals surface area contributed by atoms with E-state index in [9.17, 15) is 30.7 Å². The number of alkyl halides is 4. The van der Waals surface area contributed by atoms with E-state index in [0.29, 0.717) is 12.1 Å². The quantitative estimate of drug-likeness (QED) is 0.123. The van der Waals surface area contributed by atoms with Gasteiger partial charge in [0, 0.05) is 22.3 Å². The van der Waals surface area contributed by atoms with Crippen LogP contribution in [0.15, 0.2) is 42.5 Å². The molecule has 0 saturated heterocycles. The molecule has 0 aliphatic rings.